The van der Waals surface area contributed by atoms with Crippen LogP contribution in [-0.4, -0.2) is 21.1 Å². The minimum absolute atomic E-state index is 0.190. The summed E-state index contributed by atoms with van der Waals surface area (Å²) < 4.78 is 43.1. The molecule has 1 atom stereocenters. The number of hydrogen-bond acceptors (Lipinski definition) is 5. The number of aromatic nitrogens is 3. The molecule has 4 rings (SSSR count). The summed E-state index contributed by atoms with van der Waals surface area (Å²) in [6.45, 7) is 4.01. The molecule has 9 heteroatoms. The summed E-state index contributed by atoms with van der Waals surface area (Å²) in [6, 6.07) is 11.4. The molecule has 0 saturated heterocycles. The van der Waals surface area contributed by atoms with Crippen LogP contribution in [0.25, 0.3) is 5.70 Å². The van der Waals surface area contributed by atoms with E-state index in [2.05, 4.69) is 32.0 Å². The minimum Gasteiger partial charge on any atom is -0.406 e. The summed E-state index contributed by atoms with van der Waals surface area (Å²) in [5, 5.41) is 10.5. The number of fused-ring (bicyclic) bond motifs is 1. The molecule has 150 valence electrons. The molecule has 3 heterocycles. The average molecular weight is 401 g/mol. The van der Waals surface area contributed by atoms with E-state index in [1.165, 1.54) is 12.1 Å². The van der Waals surface area contributed by atoms with E-state index < -0.39 is 6.36 Å². The van der Waals surface area contributed by atoms with Crippen molar-refractivity contribution in [1.82, 2.24) is 14.8 Å². The van der Waals surface area contributed by atoms with E-state index in [-0.39, 0.29) is 11.8 Å². The van der Waals surface area contributed by atoms with Gasteiger partial charge in [-0.3, -0.25) is 4.68 Å². The Morgan fingerprint density at radius 2 is 2.10 bits per heavy atom. The summed E-state index contributed by atoms with van der Waals surface area (Å²) in [5.41, 5.74) is 3.16. The normalized spacial score (nSPS) is 15.5. The monoisotopic (exact) mass is 401 g/mol. The lowest BCUT2D eigenvalue weighted by Gasteiger charge is -2.14. The maximum atomic E-state index is 12.5. The Bertz CT molecular complexity index is 1060. The molecule has 29 heavy (non-hydrogen) atoms. The van der Waals surface area contributed by atoms with Gasteiger partial charge < -0.3 is 15.4 Å². The van der Waals surface area contributed by atoms with Crippen molar-refractivity contribution in [2.45, 2.75) is 18.8 Å². The molecule has 0 spiro atoms. The molecule has 1 aromatic carbocycles. The fourth-order valence-corrected chi connectivity index (χ4v) is 3.30. The van der Waals surface area contributed by atoms with E-state index in [0.717, 1.165) is 11.3 Å². The van der Waals surface area contributed by atoms with Crippen molar-refractivity contribution < 1.29 is 17.9 Å². The van der Waals surface area contributed by atoms with Gasteiger partial charge in [-0.1, -0.05) is 24.8 Å². The van der Waals surface area contributed by atoms with E-state index in [0.29, 0.717) is 29.3 Å². The van der Waals surface area contributed by atoms with Crippen molar-refractivity contribution in [2.75, 3.05) is 10.6 Å². The average Bonchev–Trinajstić information content (AvgIpc) is 3.26. The summed E-state index contributed by atoms with van der Waals surface area (Å²) in [4.78, 5) is 4.57. The van der Waals surface area contributed by atoms with Crippen LogP contribution in [0.2, 0.25) is 0 Å². The van der Waals surface area contributed by atoms with Gasteiger partial charge in [-0.25, -0.2) is 4.98 Å². The van der Waals surface area contributed by atoms with Gasteiger partial charge in [-0.2, -0.15) is 5.10 Å². The first kappa shape index (κ1) is 18.9. The van der Waals surface area contributed by atoms with E-state index in [1.54, 1.807) is 23.0 Å². The van der Waals surface area contributed by atoms with Crippen LogP contribution >= 0.6 is 0 Å². The van der Waals surface area contributed by atoms with Crippen molar-refractivity contribution in [3.8, 4) is 5.75 Å². The number of benzene rings is 1. The zero-order chi connectivity index (χ0) is 20.6. The number of nitrogens with one attached hydrogen (secondary N) is 2. The molecular formula is C20H18F3N5O. The van der Waals surface area contributed by atoms with Crippen LogP contribution in [0.3, 0.4) is 0 Å². The molecule has 1 unspecified atom stereocenters. The van der Waals surface area contributed by atoms with Gasteiger partial charge in [0.15, 0.2) is 0 Å². The Morgan fingerprint density at radius 3 is 2.83 bits per heavy atom. The highest BCUT2D eigenvalue weighted by Gasteiger charge is 2.31. The van der Waals surface area contributed by atoms with Gasteiger partial charge in [0.1, 0.15) is 17.4 Å². The van der Waals surface area contributed by atoms with Crippen molar-refractivity contribution in [3.63, 3.8) is 0 Å². The van der Waals surface area contributed by atoms with Crippen LogP contribution in [0, 0.1) is 0 Å². The highest BCUT2D eigenvalue weighted by atomic mass is 19.4. The van der Waals surface area contributed by atoms with Crippen LogP contribution in [0.4, 0.5) is 24.8 Å². The summed E-state index contributed by atoms with van der Waals surface area (Å²) in [6.07, 6.45) is -2.43. The highest BCUT2D eigenvalue weighted by molar-refractivity contribution is 5.73. The Kier molecular flexibility index (Phi) is 4.65. The third-order valence-electron chi connectivity index (χ3n) is 4.62. The standard InChI is InChI=1S/C20H18F3N5O/c1-12(17-8-9-24-28(17)2)25-18-7-6-14-11-16(26-19(14)27-18)13-4-3-5-15(10-13)29-20(21,22)23/h3-10,16H,1,11H2,2H3,(H2,25,26,27). The Balaban J connectivity index is 1.48. The predicted octanol–water partition coefficient (Wildman–Crippen LogP) is 4.51. The largest absolute Gasteiger partial charge is 0.573 e. The van der Waals surface area contributed by atoms with Crippen LogP contribution in [0.5, 0.6) is 5.75 Å². The molecule has 0 radical (unpaired) electrons. The van der Waals surface area contributed by atoms with Crippen LogP contribution < -0.4 is 15.4 Å². The fourth-order valence-electron chi connectivity index (χ4n) is 3.30. The molecule has 2 aromatic heterocycles. The number of halogens is 3. The molecule has 3 aromatic rings. The van der Waals surface area contributed by atoms with Crippen molar-refractivity contribution >= 4 is 17.3 Å². The van der Waals surface area contributed by atoms with Crippen LogP contribution in [0.15, 0.2) is 55.2 Å². The third kappa shape index (κ3) is 4.18. The number of ether oxygens (including phenoxy) is 1. The third-order valence-corrected chi connectivity index (χ3v) is 4.62. The van der Waals surface area contributed by atoms with Gasteiger partial charge in [-0.15, -0.1) is 13.2 Å². The molecule has 1 aliphatic rings. The molecule has 0 aliphatic carbocycles. The van der Waals surface area contributed by atoms with Gasteiger partial charge in [0.2, 0.25) is 0 Å². The van der Waals surface area contributed by atoms with Gasteiger partial charge in [0.25, 0.3) is 0 Å². The Labute approximate surface area is 165 Å². The van der Waals surface area contributed by atoms with Gasteiger partial charge >= 0.3 is 6.36 Å². The number of rotatable bonds is 5. The van der Waals surface area contributed by atoms with Gasteiger partial charge in [-0.05, 0) is 35.4 Å². The van der Waals surface area contributed by atoms with Crippen LogP contribution in [-0.2, 0) is 13.5 Å². The lowest BCUT2D eigenvalue weighted by atomic mass is 10.0. The second kappa shape index (κ2) is 7.16. The van der Waals surface area contributed by atoms with Crippen molar-refractivity contribution in [3.05, 3.63) is 72.1 Å². The first-order chi connectivity index (χ1) is 13.8. The zero-order valence-electron chi connectivity index (χ0n) is 15.5. The minimum atomic E-state index is -4.72. The molecule has 0 saturated carbocycles. The number of aryl methyl sites for hydroxylation is 1. The Hall–Kier alpha value is -3.49. The first-order valence-electron chi connectivity index (χ1n) is 8.85. The van der Waals surface area contributed by atoms with Gasteiger partial charge in [0.05, 0.1) is 17.4 Å². The molecule has 2 N–H and O–H groups in total. The van der Waals surface area contributed by atoms with Crippen molar-refractivity contribution in [2.24, 2.45) is 7.05 Å². The van der Waals surface area contributed by atoms with Gasteiger partial charge in [0, 0.05) is 19.7 Å². The molecule has 1 aliphatic heterocycles. The van der Waals surface area contributed by atoms with Crippen molar-refractivity contribution in [1.29, 1.82) is 0 Å². The Morgan fingerprint density at radius 1 is 1.28 bits per heavy atom. The topological polar surface area (TPSA) is 64.0 Å². The quantitative estimate of drug-likeness (QED) is 0.659. The summed E-state index contributed by atoms with van der Waals surface area (Å²) in [7, 11) is 1.82. The lowest BCUT2D eigenvalue weighted by molar-refractivity contribution is -0.274. The number of pyridine rings is 1. The maximum Gasteiger partial charge on any atom is 0.573 e. The number of anilines is 2. The number of hydrogen-bond donors (Lipinski definition) is 2. The predicted molar refractivity (Wildman–Crippen MR) is 103 cm³/mol. The lowest BCUT2D eigenvalue weighted by Crippen LogP contribution is -2.17. The van der Waals surface area contributed by atoms with E-state index in [1.807, 2.05) is 25.2 Å². The second-order valence-electron chi connectivity index (χ2n) is 6.67. The van der Waals surface area contributed by atoms with E-state index in [4.69, 9.17) is 0 Å². The summed E-state index contributed by atoms with van der Waals surface area (Å²) >= 11 is 0. The molecule has 0 fully saturated rings. The zero-order valence-corrected chi connectivity index (χ0v) is 15.5. The summed E-state index contributed by atoms with van der Waals surface area (Å²) in [5.74, 6) is 1.05. The molecule has 0 amide bonds. The van der Waals surface area contributed by atoms with Crippen LogP contribution in [0.1, 0.15) is 22.9 Å². The van der Waals surface area contributed by atoms with E-state index in [9.17, 15) is 13.2 Å². The smallest absolute Gasteiger partial charge is 0.406 e. The molecular weight excluding hydrogens is 383 g/mol. The molecule has 0 bridgehead atoms. The SMILES string of the molecule is C=C(Nc1ccc2c(n1)NC(c1cccc(OC(F)(F)F)c1)C2)c1ccnn1C. The molecule has 6 nitrogen and oxygen atoms in total. The maximum absolute atomic E-state index is 12.5. The second-order valence-corrected chi connectivity index (χ2v) is 6.67. The fraction of sp³-hybridized carbons (Fsp3) is 0.200. The number of nitrogens with zero attached hydrogens (tertiary/aromatic N) is 3. The highest BCUT2D eigenvalue weighted by Crippen LogP contribution is 2.35. The first-order valence-corrected chi connectivity index (χ1v) is 8.85. The number of alkyl halides is 3. The van der Waals surface area contributed by atoms with E-state index >= 15 is 0 Å².